The minimum absolute atomic E-state index is 0.00792. The van der Waals surface area contributed by atoms with Crippen LogP contribution in [0, 0.1) is 0 Å². The van der Waals surface area contributed by atoms with Gasteiger partial charge in [-0.15, -0.1) is 0 Å². The first-order valence-electron chi connectivity index (χ1n) is 6.13. The van der Waals surface area contributed by atoms with Crippen molar-refractivity contribution in [2.45, 2.75) is 45.3 Å². The number of benzene rings is 1. The number of hydrogen-bond donors (Lipinski definition) is 1. The van der Waals surface area contributed by atoms with E-state index < -0.39 is 5.60 Å². The molecule has 3 nitrogen and oxygen atoms in total. The lowest BCUT2D eigenvalue weighted by atomic mass is 10.1. The van der Waals surface area contributed by atoms with E-state index in [0.717, 1.165) is 29.0 Å². The molecule has 1 amide bonds. The SMILES string of the molecule is CC(C)(C)OC(=O)NC1CCc2c(Cl)cccc21. The second kappa shape index (κ2) is 4.81. The minimum Gasteiger partial charge on any atom is -0.444 e. The van der Waals surface area contributed by atoms with Crippen LogP contribution in [0.5, 0.6) is 0 Å². The summed E-state index contributed by atoms with van der Waals surface area (Å²) in [5, 5.41) is 3.68. The van der Waals surface area contributed by atoms with Gasteiger partial charge in [-0.2, -0.15) is 0 Å². The second-order valence-electron chi connectivity index (χ2n) is 5.55. The topological polar surface area (TPSA) is 38.3 Å². The van der Waals surface area contributed by atoms with Crippen molar-refractivity contribution < 1.29 is 9.53 Å². The first-order valence-corrected chi connectivity index (χ1v) is 6.51. The van der Waals surface area contributed by atoms with Crippen LogP contribution < -0.4 is 5.32 Å². The molecule has 1 unspecified atom stereocenters. The first kappa shape index (κ1) is 13.2. The van der Waals surface area contributed by atoms with E-state index in [1.807, 2.05) is 39.0 Å². The number of fused-ring (bicyclic) bond motifs is 1. The maximum atomic E-state index is 11.7. The number of nitrogens with one attached hydrogen (secondary N) is 1. The van der Waals surface area contributed by atoms with Gasteiger partial charge in [0.05, 0.1) is 6.04 Å². The second-order valence-corrected chi connectivity index (χ2v) is 5.95. The van der Waals surface area contributed by atoms with Crippen LogP contribution in [0.25, 0.3) is 0 Å². The molecule has 0 bridgehead atoms. The van der Waals surface area contributed by atoms with E-state index in [1.165, 1.54) is 0 Å². The average molecular weight is 268 g/mol. The Morgan fingerprint density at radius 3 is 2.83 bits per heavy atom. The van der Waals surface area contributed by atoms with Crippen LogP contribution in [-0.4, -0.2) is 11.7 Å². The van der Waals surface area contributed by atoms with Gasteiger partial charge in [-0.25, -0.2) is 4.79 Å². The van der Waals surface area contributed by atoms with Crippen molar-refractivity contribution in [3.05, 3.63) is 34.3 Å². The number of amides is 1. The van der Waals surface area contributed by atoms with E-state index in [2.05, 4.69) is 5.32 Å². The molecule has 0 spiro atoms. The van der Waals surface area contributed by atoms with E-state index >= 15 is 0 Å². The van der Waals surface area contributed by atoms with Crippen LogP contribution >= 0.6 is 11.6 Å². The summed E-state index contributed by atoms with van der Waals surface area (Å²) >= 11 is 6.13. The van der Waals surface area contributed by atoms with Gasteiger partial charge in [0, 0.05) is 5.02 Å². The van der Waals surface area contributed by atoms with Crippen molar-refractivity contribution in [3.63, 3.8) is 0 Å². The fourth-order valence-corrected chi connectivity index (χ4v) is 2.49. The number of halogens is 1. The van der Waals surface area contributed by atoms with Crippen molar-refractivity contribution in [2.75, 3.05) is 0 Å². The number of hydrogen-bond acceptors (Lipinski definition) is 2. The first-order chi connectivity index (χ1) is 8.37. The molecule has 0 saturated carbocycles. The molecular formula is C14H18ClNO2. The molecule has 1 aliphatic carbocycles. The molecule has 18 heavy (non-hydrogen) atoms. The summed E-state index contributed by atoms with van der Waals surface area (Å²) in [6.07, 6.45) is 1.40. The van der Waals surface area contributed by atoms with Gasteiger partial charge in [-0.1, -0.05) is 23.7 Å². The van der Waals surface area contributed by atoms with Gasteiger partial charge >= 0.3 is 6.09 Å². The molecule has 1 N–H and O–H groups in total. The molecule has 1 aromatic carbocycles. The van der Waals surface area contributed by atoms with Gasteiger partial charge < -0.3 is 10.1 Å². The Bertz CT molecular complexity index is 465. The Hall–Kier alpha value is -1.22. The third-order valence-electron chi connectivity index (χ3n) is 2.90. The highest BCUT2D eigenvalue weighted by Gasteiger charge is 2.27. The van der Waals surface area contributed by atoms with Crippen molar-refractivity contribution in [2.24, 2.45) is 0 Å². The number of carbonyl (C=O) groups excluding carboxylic acids is 1. The van der Waals surface area contributed by atoms with Crippen molar-refractivity contribution in [1.82, 2.24) is 5.32 Å². The normalized spacial score (nSPS) is 18.3. The van der Waals surface area contributed by atoms with E-state index in [0.29, 0.717) is 0 Å². The van der Waals surface area contributed by atoms with Gasteiger partial charge in [0.25, 0.3) is 0 Å². The zero-order valence-electron chi connectivity index (χ0n) is 10.9. The molecule has 98 valence electrons. The van der Waals surface area contributed by atoms with Crippen LogP contribution in [0.3, 0.4) is 0 Å². The van der Waals surface area contributed by atoms with Gasteiger partial charge in [0.1, 0.15) is 5.60 Å². The Labute approximate surface area is 112 Å². The molecule has 1 atom stereocenters. The van der Waals surface area contributed by atoms with Gasteiger partial charge in [-0.3, -0.25) is 0 Å². The smallest absolute Gasteiger partial charge is 0.408 e. The van der Waals surface area contributed by atoms with Crippen LogP contribution in [0.4, 0.5) is 4.79 Å². The summed E-state index contributed by atoms with van der Waals surface area (Å²) in [7, 11) is 0. The van der Waals surface area contributed by atoms with E-state index in [9.17, 15) is 4.79 Å². The molecule has 1 aliphatic rings. The number of ether oxygens (including phenoxy) is 1. The summed E-state index contributed by atoms with van der Waals surface area (Å²) in [6, 6.07) is 5.82. The molecule has 0 radical (unpaired) electrons. The molecular weight excluding hydrogens is 250 g/mol. The molecule has 0 saturated heterocycles. The third kappa shape index (κ3) is 2.96. The van der Waals surface area contributed by atoms with E-state index in [1.54, 1.807) is 0 Å². The van der Waals surface area contributed by atoms with Crippen molar-refractivity contribution >= 4 is 17.7 Å². The molecule has 0 aliphatic heterocycles. The Balaban J connectivity index is 2.06. The maximum Gasteiger partial charge on any atom is 0.408 e. The summed E-state index contributed by atoms with van der Waals surface area (Å²) < 4.78 is 5.26. The molecule has 2 rings (SSSR count). The Morgan fingerprint density at radius 2 is 2.17 bits per heavy atom. The highest BCUT2D eigenvalue weighted by molar-refractivity contribution is 6.31. The summed E-state index contributed by atoms with van der Waals surface area (Å²) in [4.78, 5) is 11.7. The monoisotopic (exact) mass is 267 g/mol. The fraction of sp³-hybridized carbons (Fsp3) is 0.500. The number of alkyl carbamates (subject to hydrolysis) is 1. The third-order valence-corrected chi connectivity index (χ3v) is 3.26. The predicted molar refractivity (Wildman–Crippen MR) is 71.9 cm³/mol. The summed E-state index contributed by atoms with van der Waals surface area (Å²) in [5.74, 6) is 0. The fourth-order valence-electron chi connectivity index (χ4n) is 2.21. The van der Waals surface area contributed by atoms with Crippen LogP contribution in [0.15, 0.2) is 18.2 Å². The minimum atomic E-state index is -0.472. The van der Waals surface area contributed by atoms with E-state index in [4.69, 9.17) is 16.3 Å². The van der Waals surface area contributed by atoms with Crippen molar-refractivity contribution in [1.29, 1.82) is 0 Å². The average Bonchev–Trinajstić information content (AvgIpc) is 2.60. The standard InChI is InChI=1S/C14H18ClNO2/c1-14(2,3)18-13(17)16-12-8-7-9-10(12)5-4-6-11(9)15/h4-6,12H,7-8H2,1-3H3,(H,16,17). The molecule has 1 aromatic rings. The lowest BCUT2D eigenvalue weighted by Crippen LogP contribution is -2.34. The quantitative estimate of drug-likeness (QED) is 0.839. The van der Waals surface area contributed by atoms with Crippen LogP contribution in [0.2, 0.25) is 5.02 Å². The lowest BCUT2D eigenvalue weighted by molar-refractivity contribution is 0.0504. The predicted octanol–water partition coefficient (Wildman–Crippen LogP) is 3.85. The highest BCUT2D eigenvalue weighted by Crippen LogP contribution is 2.35. The van der Waals surface area contributed by atoms with E-state index in [-0.39, 0.29) is 12.1 Å². The molecule has 0 heterocycles. The number of carbonyl (C=O) groups is 1. The molecule has 4 heteroatoms. The van der Waals surface area contributed by atoms with Gasteiger partial charge in [-0.05, 0) is 50.8 Å². The highest BCUT2D eigenvalue weighted by atomic mass is 35.5. The van der Waals surface area contributed by atoms with Crippen LogP contribution in [-0.2, 0) is 11.2 Å². The summed E-state index contributed by atoms with van der Waals surface area (Å²) in [5.41, 5.74) is 1.77. The zero-order valence-corrected chi connectivity index (χ0v) is 11.7. The maximum absolute atomic E-state index is 11.7. The zero-order chi connectivity index (χ0) is 13.3. The number of rotatable bonds is 1. The van der Waals surface area contributed by atoms with Gasteiger partial charge in [0.2, 0.25) is 0 Å². The molecule has 0 aromatic heterocycles. The largest absolute Gasteiger partial charge is 0.444 e. The van der Waals surface area contributed by atoms with Crippen LogP contribution in [0.1, 0.15) is 44.4 Å². The molecule has 0 fully saturated rings. The van der Waals surface area contributed by atoms with Gasteiger partial charge in [0.15, 0.2) is 0 Å². The summed E-state index contributed by atoms with van der Waals surface area (Å²) in [6.45, 7) is 5.56. The Kier molecular flexibility index (Phi) is 3.53. The van der Waals surface area contributed by atoms with Crippen molar-refractivity contribution in [3.8, 4) is 0 Å². The Morgan fingerprint density at radius 1 is 1.44 bits per heavy atom. The lowest BCUT2D eigenvalue weighted by Gasteiger charge is -2.22.